The number of allylic oxidation sites excluding steroid dienone is 2. The van der Waals surface area contributed by atoms with Crippen LogP contribution in [0.5, 0.6) is 0 Å². The molecule has 0 heterocycles. The molecular formula is C13H31F6N7O6OsS2. The Morgan fingerprint density at radius 1 is 0.971 bits per heavy atom. The maximum atomic E-state index is 10.7. The molecule has 0 bridgehead atoms. The molecule has 1 unspecified atom stereocenters. The molecule has 0 spiro atoms. The zero-order valence-electron chi connectivity index (χ0n) is 18.6. The molecule has 0 aromatic heterocycles. The van der Waals surface area contributed by atoms with Gasteiger partial charge < -0.3 is 39.9 Å². The Hall–Kier alpha value is -1.26. The molecule has 0 aliphatic heterocycles. The summed E-state index contributed by atoms with van der Waals surface area (Å²) in [4.78, 5) is 4.36. The second-order valence-electron chi connectivity index (χ2n) is 5.12. The quantitative estimate of drug-likeness (QED) is 0.157. The molecule has 13 nitrogen and oxygen atoms in total. The van der Waals surface area contributed by atoms with E-state index in [4.69, 9.17) is 31.2 Å². The van der Waals surface area contributed by atoms with E-state index in [1.54, 1.807) is 0 Å². The average Bonchev–Trinajstić information content (AvgIpc) is 2.52. The summed E-state index contributed by atoms with van der Waals surface area (Å²) in [6.07, 6.45) is 8.25. The van der Waals surface area contributed by atoms with E-state index in [1.807, 2.05) is 0 Å². The van der Waals surface area contributed by atoms with Crippen molar-refractivity contribution < 1.29 is 72.1 Å². The van der Waals surface area contributed by atoms with E-state index in [0.29, 0.717) is 12.3 Å². The Morgan fingerprint density at radius 3 is 1.51 bits per heavy atom. The van der Waals surface area contributed by atoms with Crippen molar-refractivity contribution in [1.82, 2.24) is 30.8 Å². The van der Waals surface area contributed by atoms with Gasteiger partial charge in [0, 0.05) is 18.7 Å². The first-order valence-corrected chi connectivity index (χ1v) is 10.3. The summed E-state index contributed by atoms with van der Waals surface area (Å²) in [5.41, 5.74) is -10.1. The van der Waals surface area contributed by atoms with Crippen LogP contribution in [0, 0.1) is 17.2 Å². The van der Waals surface area contributed by atoms with Crippen LogP contribution in [0.25, 0.3) is 0 Å². The average molecular weight is 750 g/mol. The molecule has 1 atom stereocenters. The number of nitriles is 1. The molecule has 0 saturated heterocycles. The van der Waals surface area contributed by atoms with Crippen LogP contribution < -0.4 is 30.8 Å². The third-order valence-electron chi connectivity index (χ3n) is 2.89. The second-order valence-corrected chi connectivity index (χ2v) is 7.86. The molecular weight excluding hydrogens is 719 g/mol. The molecule has 216 valence electrons. The summed E-state index contributed by atoms with van der Waals surface area (Å²) >= 11 is 0. The Balaban J connectivity index is -0.0000000499. The monoisotopic (exact) mass is 751 g/mol. The molecule has 22 heteroatoms. The van der Waals surface area contributed by atoms with Crippen LogP contribution in [-0.2, 0) is 40.0 Å². The summed E-state index contributed by atoms with van der Waals surface area (Å²) in [6.45, 7) is 2.94. The van der Waals surface area contributed by atoms with Gasteiger partial charge in [-0.05, 0) is 38.2 Å². The molecule has 35 heavy (non-hydrogen) atoms. The van der Waals surface area contributed by atoms with Gasteiger partial charge in [0.15, 0.2) is 20.2 Å². The number of nitrogens with zero attached hydrogens (tertiary/aromatic N) is 2. The van der Waals surface area contributed by atoms with Gasteiger partial charge in [-0.25, -0.2) is 16.8 Å². The Bertz CT molecular complexity index is 789. The molecule has 0 aromatic carbocycles. The number of aliphatic imine (C=N–C) groups is 1. The normalized spacial score (nSPS) is 15.5. The minimum absolute atomic E-state index is 0. The Kier molecular flexibility index (Phi) is 36.1. The topological polar surface area (TPSA) is 326 Å². The standard InChI is InChI=1S/C11H16N2.2CHF3O3S.5H3N.Os/c1-2-13-11-7-5-10(6-8-11)4-3-9-12;2*2-1(3,4)8(5,6)7;;;;;;/h5,7,10H,2-4,6,8H2,1H3;2*(H,5,6,7);5*1H3;/q;;;;;;;;+2/p-2. The minimum Gasteiger partial charge on any atom is -0.741 e. The van der Waals surface area contributed by atoms with Crippen molar-refractivity contribution in [3.05, 3.63) is 12.2 Å². The van der Waals surface area contributed by atoms with Gasteiger partial charge >= 0.3 is 30.8 Å². The van der Waals surface area contributed by atoms with Gasteiger partial charge in [-0.2, -0.15) is 31.6 Å². The van der Waals surface area contributed by atoms with Crippen molar-refractivity contribution >= 4 is 25.9 Å². The maximum absolute atomic E-state index is 10.7. The van der Waals surface area contributed by atoms with Crippen LogP contribution in [0.4, 0.5) is 26.3 Å². The van der Waals surface area contributed by atoms with E-state index in [-0.39, 0.29) is 50.5 Å². The zero-order valence-corrected chi connectivity index (χ0v) is 22.8. The first-order chi connectivity index (χ1) is 12.9. The van der Waals surface area contributed by atoms with E-state index < -0.39 is 31.3 Å². The van der Waals surface area contributed by atoms with Gasteiger partial charge in [0.2, 0.25) is 0 Å². The van der Waals surface area contributed by atoms with Crippen molar-refractivity contribution in [2.75, 3.05) is 6.54 Å². The van der Waals surface area contributed by atoms with Gasteiger partial charge in [-0.1, -0.05) is 6.08 Å². The van der Waals surface area contributed by atoms with Crippen LogP contribution >= 0.6 is 0 Å². The first-order valence-electron chi connectivity index (χ1n) is 7.49. The summed E-state index contributed by atoms with van der Waals surface area (Å²) in [5, 5.41) is 8.44. The van der Waals surface area contributed by atoms with Crippen molar-refractivity contribution in [3.8, 4) is 6.07 Å². The number of hydrogen-bond donors (Lipinski definition) is 5. The molecule has 0 saturated carbocycles. The molecule has 1 rings (SSSR count). The minimum atomic E-state index is -6.09. The fourth-order valence-electron chi connectivity index (χ4n) is 1.59. The third-order valence-corrected chi connectivity index (χ3v) is 4.02. The first kappa shape index (κ1) is 54.6. The van der Waals surface area contributed by atoms with Crippen LogP contribution in [0.2, 0.25) is 0 Å². The summed E-state index contributed by atoms with van der Waals surface area (Å²) < 4.78 is 118. The van der Waals surface area contributed by atoms with Gasteiger partial charge in [0.25, 0.3) is 0 Å². The SMILES string of the molecule is CCN=C1C=CC(CCC#N)CC1.N.N.N.N.N.O=S(=O)([O-])C(F)(F)F.O=S(=O)([O-])C(F)(F)F.[Os+2]. The van der Waals surface area contributed by atoms with Gasteiger partial charge in [-0.15, -0.1) is 0 Å². The zero-order chi connectivity index (χ0) is 23.5. The van der Waals surface area contributed by atoms with Crippen LogP contribution in [0.3, 0.4) is 0 Å². The van der Waals surface area contributed by atoms with E-state index in [1.165, 1.54) is 5.71 Å². The van der Waals surface area contributed by atoms with Gasteiger partial charge in [0.05, 0.1) is 6.07 Å². The van der Waals surface area contributed by atoms with Crippen molar-refractivity contribution in [3.63, 3.8) is 0 Å². The second kappa shape index (κ2) is 23.2. The number of alkyl halides is 6. The predicted molar refractivity (Wildman–Crippen MR) is 111 cm³/mol. The van der Waals surface area contributed by atoms with Crippen LogP contribution in [0.1, 0.15) is 32.6 Å². The van der Waals surface area contributed by atoms with Crippen molar-refractivity contribution in [2.45, 2.75) is 43.6 Å². The van der Waals surface area contributed by atoms with E-state index >= 15 is 0 Å². The molecule has 0 fully saturated rings. The fraction of sp³-hybridized carbons (Fsp3) is 0.692. The van der Waals surface area contributed by atoms with E-state index in [2.05, 4.69) is 30.1 Å². The van der Waals surface area contributed by atoms with Crippen LogP contribution in [-0.4, -0.2) is 49.2 Å². The maximum Gasteiger partial charge on any atom is 2.00 e. The third kappa shape index (κ3) is 27.2. The molecule has 1 aliphatic rings. The number of rotatable bonds is 3. The molecule has 15 N–H and O–H groups in total. The Morgan fingerprint density at radius 2 is 1.31 bits per heavy atom. The van der Waals surface area contributed by atoms with Gasteiger partial charge in [0.1, 0.15) is 0 Å². The molecule has 0 radical (unpaired) electrons. The molecule has 1 aliphatic carbocycles. The molecule has 0 aromatic rings. The Labute approximate surface area is 213 Å². The van der Waals surface area contributed by atoms with Gasteiger partial charge in [-0.3, -0.25) is 4.99 Å². The summed E-state index contributed by atoms with van der Waals surface area (Å²) in [6, 6.07) is 2.19. The summed E-state index contributed by atoms with van der Waals surface area (Å²) in [7, 11) is -12.2. The summed E-state index contributed by atoms with van der Waals surface area (Å²) in [5.74, 6) is 0.607. The van der Waals surface area contributed by atoms with Crippen molar-refractivity contribution in [2.24, 2.45) is 10.9 Å². The smallest absolute Gasteiger partial charge is 0.741 e. The number of hydrogen-bond acceptors (Lipinski definition) is 13. The van der Waals surface area contributed by atoms with Crippen molar-refractivity contribution in [1.29, 1.82) is 5.26 Å². The predicted octanol–water partition coefficient (Wildman–Crippen LogP) is 3.63. The number of halogens is 6. The molecule has 0 amide bonds. The fourth-order valence-corrected chi connectivity index (χ4v) is 1.59. The van der Waals surface area contributed by atoms with E-state index in [9.17, 15) is 26.3 Å². The van der Waals surface area contributed by atoms with E-state index in [0.717, 1.165) is 25.8 Å². The van der Waals surface area contributed by atoms with Crippen LogP contribution in [0.15, 0.2) is 17.1 Å². The largest absolute Gasteiger partial charge is 2.00 e.